The van der Waals surface area contributed by atoms with Gasteiger partial charge in [-0.25, -0.2) is 0 Å². The highest BCUT2D eigenvalue weighted by Gasteiger charge is 2.55. The summed E-state index contributed by atoms with van der Waals surface area (Å²) in [4.78, 5) is 37.9. The van der Waals surface area contributed by atoms with Crippen LogP contribution in [-0.4, -0.2) is 21.6 Å². The van der Waals surface area contributed by atoms with Crippen LogP contribution in [0.3, 0.4) is 0 Å². The number of amides is 2. The van der Waals surface area contributed by atoms with Gasteiger partial charge in [-0.15, -0.1) is 0 Å². The first-order valence-corrected chi connectivity index (χ1v) is 8.40. The van der Waals surface area contributed by atoms with E-state index >= 15 is 0 Å². The molecule has 8 heteroatoms. The molecule has 0 fully saturated rings. The number of aromatic amines is 1. The fourth-order valence-corrected chi connectivity index (χ4v) is 3.98. The molecule has 1 aromatic carbocycles. The lowest BCUT2D eigenvalue weighted by molar-refractivity contribution is -0.125. The number of aromatic nitrogens is 2. The Morgan fingerprint density at radius 3 is 2.67 bits per heavy atom. The van der Waals surface area contributed by atoms with Crippen molar-refractivity contribution in [2.24, 2.45) is 0 Å². The third-order valence-corrected chi connectivity index (χ3v) is 5.12. The predicted molar refractivity (Wildman–Crippen MR) is 92.2 cm³/mol. The molecule has 0 bridgehead atoms. The van der Waals surface area contributed by atoms with Crippen molar-refractivity contribution in [3.63, 3.8) is 0 Å². The van der Waals surface area contributed by atoms with E-state index in [1.54, 1.807) is 16.8 Å². The number of benzene rings is 1. The molecule has 0 radical (unpaired) electrons. The monoisotopic (exact) mass is 390 g/mol. The summed E-state index contributed by atoms with van der Waals surface area (Å²) in [6, 6.07) is 5.31. The molecule has 124 valence electrons. The van der Waals surface area contributed by atoms with Crippen molar-refractivity contribution >= 4 is 39.2 Å². The molecular weight excluding hydrogens is 376 g/mol. The van der Waals surface area contributed by atoms with Gasteiger partial charge in [-0.1, -0.05) is 15.9 Å². The van der Waals surface area contributed by atoms with Gasteiger partial charge >= 0.3 is 0 Å². The molecule has 0 saturated carbocycles. The topological polar surface area (TPSA) is 96.0 Å². The first-order valence-electron chi connectivity index (χ1n) is 7.61. The van der Waals surface area contributed by atoms with Crippen LogP contribution < -0.4 is 16.2 Å². The van der Waals surface area contributed by atoms with Gasteiger partial charge in [-0.2, -0.15) is 0 Å². The summed E-state index contributed by atoms with van der Waals surface area (Å²) in [5.41, 5.74) is -0.0952. The van der Waals surface area contributed by atoms with E-state index in [9.17, 15) is 14.4 Å². The van der Waals surface area contributed by atoms with E-state index in [1.165, 1.54) is 0 Å². The molecule has 2 amide bonds. The van der Waals surface area contributed by atoms with E-state index in [4.69, 9.17) is 0 Å². The first kappa shape index (κ1) is 15.2. The lowest BCUT2D eigenvalue weighted by Gasteiger charge is -2.31. The molecule has 3 heterocycles. The van der Waals surface area contributed by atoms with Crippen LogP contribution in [0.4, 0.5) is 11.5 Å². The van der Waals surface area contributed by atoms with E-state index < -0.39 is 5.41 Å². The molecule has 2 aromatic rings. The first-order chi connectivity index (χ1) is 11.3. The molecule has 2 aliphatic rings. The van der Waals surface area contributed by atoms with Gasteiger partial charge in [0, 0.05) is 16.2 Å². The highest BCUT2D eigenvalue weighted by molar-refractivity contribution is 9.10. The Kier molecular flexibility index (Phi) is 3.05. The molecule has 0 saturated heterocycles. The number of carbonyl (C=O) groups excluding carboxylic acids is 2. The minimum atomic E-state index is -1.30. The van der Waals surface area contributed by atoms with Crippen LogP contribution in [0.5, 0.6) is 0 Å². The second-order valence-corrected chi connectivity index (χ2v) is 7.32. The molecule has 1 atom stereocenters. The third-order valence-electron chi connectivity index (χ3n) is 4.63. The van der Waals surface area contributed by atoms with E-state index in [0.29, 0.717) is 22.6 Å². The van der Waals surface area contributed by atoms with Crippen molar-refractivity contribution in [2.45, 2.75) is 31.7 Å². The fraction of sp³-hybridized carbons (Fsp3) is 0.312. The van der Waals surface area contributed by atoms with Crippen LogP contribution in [-0.2, 0) is 15.0 Å². The smallest absolute Gasteiger partial charge is 0.270 e. The van der Waals surface area contributed by atoms with Gasteiger partial charge in [0.1, 0.15) is 11.2 Å². The molecule has 1 spiro atoms. The number of hydrogen-bond acceptors (Lipinski definition) is 3. The standard InChI is InChI=1S/C16H15BrN4O3/c1-7(2)21-13-12(14(23)20-21)16(6-11(22)19-13)9-5-8(17)3-4-10(9)18-15(16)24/h3-5,7H,6H2,1-2H3,(H,18,24)(H,19,22)(H,20,23). The number of carbonyl (C=O) groups is 2. The SMILES string of the molecule is CC(C)n1[nH]c(=O)c2c1NC(=O)CC21C(=O)Nc2ccc(Br)cc21. The zero-order valence-corrected chi connectivity index (χ0v) is 14.7. The largest absolute Gasteiger partial charge is 0.325 e. The van der Waals surface area contributed by atoms with Gasteiger partial charge in [0.25, 0.3) is 5.56 Å². The van der Waals surface area contributed by atoms with Crippen molar-refractivity contribution in [1.82, 2.24) is 9.78 Å². The quantitative estimate of drug-likeness (QED) is 0.695. The second-order valence-electron chi connectivity index (χ2n) is 6.40. The van der Waals surface area contributed by atoms with Crippen LogP contribution in [0.25, 0.3) is 0 Å². The Morgan fingerprint density at radius 2 is 1.96 bits per heavy atom. The highest BCUT2D eigenvalue weighted by Crippen LogP contribution is 2.49. The van der Waals surface area contributed by atoms with E-state index in [0.717, 1.165) is 4.47 Å². The van der Waals surface area contributed by atoms with Gasteiger partial charge in [0.2, 0.25) is 11.8 Å². The molecule has 7 nitrogen and oxygen atoms in total. The van der Waals surface area contributed by atoms with E-state index in [1.807, 2.05) is 19.9 Å². The number of H-pyrrole nitrogens is 1. The number of halogens is 1. The number of hydrogen-bond donors (Lipinski definition) is 3. The van der Waals surface area contributed by atoms with Crippen molar-refractivity contribution in [2.75, 3.05) is 10.6 Å². The maximum absolute atomic E-state index is 12.9. The Labute approximate surface area is 145 Å². The van der Waals surface area contributed by atoms with Crippen molar-refractivity contribution in [3.8, 4) is 0 Å². The number of anilines is 2. The zero-order valence-electron chi connectivity index (χ0n) is 13.1. The summed E-state index contributed by atoms with van der Waals surface area (Å²) in [7, 11) is 0. The van der Waals surface area contributed by atoms with Gasteiger partial charge in [-0.3, -0.25) is 24.2 Å². The summed E-state index contributed by atoms with van der Waals surface area (Å²) in [5.74, 6) is -0.271. The molecule has 3 N–H and O–H groups in total. The van der Waals surface area contributed by atoms with Gasteiger partial charge < -0.3 is 10.6 Å². The van der Waals surface area contributed by atoms with Crippen LogP contribution in [0, 0.1) is 0 Å². The minimum absolute atomic E-state index is 0.0663. The molecule has 2 aliphatic heterocycles. The second kappa shape index (κ2) is 4.83. The maximum Gasteiger partial charge on any atom is 0.270 e. The van der Waals surface area contributed by atoms with Gasteiger partial charge in [0.15, 0.2) is 0 Å². The molecule has 1 aromatic heterocycles. The highest BCUT2D eigenvalue weighted by atomic mass is 79.9. The minimum Gasteiger partial charge on any atom is -0.325 e. The maximum atomic E-state index is 12.9. The molecule has 4 rings (SSSR count). The summed E-state index contributed by atoms with van der Waals surface area (Å²) in [5, 5.41) is 8.31. The summed E-state index contributed by atoms with van der Waals surface area (Å²) in [6.45, 7) is 3.78. The predicted octanol–water partition coefficient (Wildman–Crippen LogP) is 2.10. The Morgan fingerprint density at radius 1 is 1.21 bits per heavy atom. The fourth-order valence-electron chi connectivity index (χ4n) is 3.61. The zero-order chi connectivity index (χ0) is 17.2. The molecular formula is C16H15BrN4O3. The lowest BCUT2D eigenvalue weighted by Crippen LogP contribution is -2.46. The lowest BCUT2D eigenvalue weighted by atomic mass is 9.71. The van der Waals surface area contributed by atoms with Crippen LogP contribution in [0.1, 0.15) is 37.4 Å². The van der Waals surface area contributed by atoms with Gasteiger partial charge in [0.05, 0.1) is 12.0 Å². The number of fused-ring (bicyclic) bond motifs is 4. The summed E-state index contributed by atoms with van der Waals surface area (Å²) in [6.07, 6.45) is -0.0968. The van der Waals surface area contributed by atoms with E-state index in [2.05, 4.69) is 31.7 Å². The van der Waals surface area contributed by atoms with Crippen LogP contribution >= 0.6 is 15.9 Å². The molecule has 1 unspecified atom stereocenters. The Hall–Kier alpha value is -2.35. The van der Waals surface area contributed by atoms with Crippen molar-refractivity contribution < 1.29 is 9.59 Å². The van der Waals surface area contributed by atoms with E-state index in [-0.39, 0.29) is 29.8 Å². The van der Waals surface area contributed by atoms with Gasteiger partial charge in [-0.05, 0) is 37.6 Å². The van der Waals surface area contributed by atoms with Crippen LogP contribution in [0.2, 0.25) is 0 Å². The van der Waals surface area contributed by atoms with Crippen LogP contribution in [0.15, 0.2) is 27.5 Å². The Bertz CT molecular complexity index is 959. The average Bonchev–Trinajstić information content (AvgIpc) is 2.97. The molecule has 24 heavy (non-hydrogen) atoms. The number of rotatable bonds is 1. The van der Waals surface area contributed by atoms with Crippen molar-refractivity contribution in [3.05, 3.63) is 44.2 Å². The summed E-state index contributed by atoms with van der Waals surface area (Å²) < 4.78 is 2.38. The number of nitrogens with one attached hydrogen (secondary N) is 3. The molecule has 0 aliphatic carbocycles. The third kappa shape index (κ3) is 1.80. The normalized spacial score (nSPS) is 21.7. The summed E-state index contributed by atoms with van der Waals surface area (Å²) >= 11 is 3.41. The number of nitrogens with zero attached hydrogens (tertiary/aromatic N) is 1. The Balaban J connectivity index is 2.09. The van der Waals surface area contributed by atoms with Crippen molar-refractivity contribution in [1.29, 1.82) is 0 Å². The average molecular weight is 391 g/mol.